The second-order valence-electron chi connectivity index (χ2n) is 0.331. The van der Waals surface area contributed by atoms with Gasteiger partial charge in [-0.2, -0.15) is 5.10 Å². The first-order chi connectivity index (χ1) is 2.41. The largest absolute Gasteiger partial charge is 0.495 e. The molecule has 0 aliphatic heterocycles. The lowest BCUT2D eigenvalue weighted by Gasteiger charge is -1.84. The van der Waals surface area contributed by atoms with Crippen molar-refractivity contribution in [3.05, 3.63) is 17.1 Å². The molecule has 0 N–H and O–H groups in total. The number of nitrogens with zero attached hydrogens (tertiary/aromatic N) is 3. The van der Waals surface area contributed by atoms with E-state index in [0.717, 1.165) is 0 Å². The maximum absolute atomic E-state index is 5.93. The zero-order chi connectivity index (χ0) is 4.12. The van der Waals surface area contributed by atoms with Crippen molar-refractivity contribution in [3.63, 3.8) is 0 Å². The Hall–Kier alpha value is -1.04. The van der Waals surface area contributed by atoms with Crippen molar-refractivity contribution in [2.45, 2.75) is 0 Å². The summed E-state index contributed by atoms with van der Waals surface area (Å²) in [6.07, 6.45) is 0. The van der Waals surface area contributed by atoms with Crippen molar-refractivity contribution < 1.29 is 0 Å². The predicted molar refractivity (Wildman–Crippen MR) is 19.5 cm³/mol. The third-order valence-electron chi connectivity index (χ3n) is 0.108. The van der Waals surface area contributed by atoms with E-state index >= 15 is 0 Å². The molecule has 0 saturated heterocycles. The molecule has 0 aliphatic carbocycles. The van der Waals surface area contributed by atoms with Gasteiger partial charge < -0.3 is 11.5 Å². The molecule has 0 heterocycles. The lowest BCUT2D eigenvalue weighted by molar-refractivity contribution is 1.50. The molecule has 0 amide bonds. The Morgan fingerprint density at radius 3 is 2.60 bits per heavy atom. The quantitative estimate of drug-likeness (QED) is 0.247. The first-order valence-corrected chi connectivity index (χ1v) is 0.940. The van der Waals surface area contributed by atoms with E-state index in [1.54, 1.807) is 0 Å². The normalized spacial score (nSPS) is 4.60. The van der Waals surface area contributed by atoms with Gasteiger partial charge in [-0.05, 0) is 0 Å². The molecule has 3 nitrogen and oxygen atoms in total. The second-order valence-corrected chi connectivity index (χ2v) is 0.331. The van der Waals surface area contributed by atoms with Crippen LogP contribution in [0.25, 0.3) is 10.5 Å². The van der Waals surface area contributed by atoms with Crippen LogP contribution in [-0.2, 0) is 0 Å². The summed E-state index contributed by atoms with van der Waals surface area (Å²) in [6, 6.07) is 0. The van der Waals surface area contributed by atoms with Crippen molar-refractivity contribution in [2.24, 2.45) is 5.10 Å². The monoisotopic (exact) mass is 68.0 g/mol. The summed E-state index contributed by atoms with van der Waals surface area (Å²) in [5, 5.41) is 2.88. The molecule has 26 valence electrons. The van der Waals surface area contributed by atoms with Gasteiger partial charge in [-0.25, -0.2) is 5.53 Å². The van der Waals surface area contributed by atoms with Crippen LogP contribution in [0.3, 0.4) is 0 Å². The summed E-state index contributed by atoms with van der Waals surface area (Å²) < 4.78 is 0. The third-order valence-corrected chi connectivity index (χ3v) is 0.108. The Morgan fingerprint density at radius 1 is 2.00 bits per heavy atom. The molecule has 0 unspecified atom stereocenters. The van der Waals surface area contributed by atoms with Crippen LogP contribution >= 0.6 is 0 Å². The van der Waals surface area contributed by atoms with Crippen molar-refractivity contribution >= 4 is 6.72 Å². The first-order valence-electron chi connectivity index (χ1n) is 0.940. The van der Waals surface area contributed by atoms with Crippen molar-refractivity contribution in [1.29, 1.82) is 0 Å². The fourth-order valence-corrected chi connectivity index (χ4v) is 0.0316. The smallest absolute Gasteiger partial charge is 0.0851 e. The molecule has 0 bridgehead atoms. The zero-order valence-corrected chi connectivity index (χ0v) is 2.55. The van der Waals surface area contributed by atoms with Crippen LogP contribution in [-0.4, -0.2) is 6.72 Å². The Kier molecular flexibility index (Phi) is 2.34. The van der Waals surface area contributed by atoms with Gasteiger partial charge in [-0.15, -0.1) is 0 Å². The van der Waals surface area contributed by atoms with E-state index in [2.05, 4.69) is 22.3 Å². The Balaban J connectivity index is 2.75. The van der Waals surface area contributed by atoms with Gasteiger partial charge in [0, 0.05) is 0 Å². The van der Waals surface area contributed by atoms with Gasteiger partial charge in [0.2, 0.25) is 0 Å². The predicted octanol–water partition coefficient (Wildman–Crippen LogP) is 0.810. The molecule has 0 aromatic rings. The molecule has 0 spiro atoms. The zero-order valence-electron chi connectivity index (χ0n) is 2.55. The van der Waals surface area contributed by atoms with E-state index in [0.29, 0.717) is 0 Å². The van der Waals surface area contributed by atoms with E-state index in [1.807, 2.05) is 0 Å². The van der Waals surface area contributed by atoms with Crippen LogP contribution < -0.4 is 0 Å². The minimum Gasteiger partial charge on any atom is -0.495 e. The number of hydrogen-bond donors (Lipinski definition) is 0. The van der Waals surface area contributed by atoms with Crippen LogP contribution in [0.15, 0.2) is 5.10 Å². The van der Waals surface area contributed by atoms with Gasteiger partial charge in [-0.3, -0.25) is 0 Å². The molecule has 0 aromatic heterocycles. The summed E-state index contributed by atoms with van der Waals surface area (Å²) in [5.74, 6) is 0. The second kappa shape index (κ2) is 2.96. The minimum atomic E-state index is 2.50. The average molecular weight is 68.1 g/mol. The van der Waals surface area contributed by atoms with Crippen molar-refractivity contribution in [1.82, 2.24) is 0 Å². The molecule has 3 heteroatoms. The van der Waals surface area contributed by atoms with Crippen LogP contribution in [0, 0.1) is 6.57 Å². The molecular formula is C2H2N3-. The van der Waals surface area contributed by atoms with E-state index in [-0.39, 0.29) is 0 Å². The topological polar surface area (TPSA) is 30.8 Å². The molecule has 0 radical (unpaired) electrons. The van der Waals surface area contributed by atoms with E-state index < -0.39 is 0 Å². The summed E-state index contributed by atoms with van der Waals surface area (Å²) in [4.78, 5) is 2.50. The maximum Gasteiger partial charge on any atom is 0.0851 e. The molecule has 0 saturated carbocycles. The van der Waals surface area contributed by atoms with Gasteiger partial charge in [0.05, 0.1) is 6.72 Å². The van der Waals surface area contributed by atoms with Gasteiger partial charge in [0.15, 0.2) is 0 Å². The molecular weight excluding hydrogens is 66.0 g/mol. The summed E-state index contributed by atoms with van der Waals surface area (Å²) >= 11 is 0. The minimum absolute atomic E-state index is 2.50. The van der Waals surface area contributed by atoms with E-state index in [9.17, 15) is 0 Å². The molecule has 0 atom stereocenters. The van der Waals surface area contributed by atoms with Gasteiger partial charge in [-0.1, -0.05) is 0 Å². The SMILES string of the molecule is [C-]#[N+][N-]N=C. The number of hydrogen-bond acceptors (Lipinski definition) is 1. The number of rotatable bonds is 1. The van der Waals surface area contributed by atoms with Crippen molar-refractivity contribution in [3.8, 4) is 0 Å². The molecule has 5 heavy (non-hydrogen) atoms. The molecule has 0 aromatic carbocycles. The fraction of sp³-hybridized carbons (Fsp3) is 0. The highest BCUT2D eigenvalue weighted by molar-refractivity contribution is 5.25. The Morgan fingerprint density at radius 2 is 2.60 bits per heavy atom. The van der Waals surface area contributed by atoms with Crippen molar-refractivity contribution in [2.75, 3.05) is 0 Å². The molecule has 0 rings (SSSR count). The van der Waals surface area contributed by atoms with Crippen LogP contribution in [0.5, 0.6) is 0 Å². The highest BCUT2D eigenvalue weighted by Crippen LogP contribution is 1.79. The van der Waals surface area contributed by atoms with Gasteiger partial charge in [0.25, 0.3) is 0 Å². The van der Waals surface area contributed by atoms with E-state index in [4.69, 9.17) is 6.57 Å². The highest BCUT2D eigenvalue weighted by atomic mass is 15.5. The van der Waals surface area contributed by atoms with Crippen LogP contribution in [0.2, 0.25) is 0 Å². The summed E-state index contributed by atoms with van der Waals surface area (Å²) in [7, 11) is 0. The van der Waals surface area contributed by atoms with Crippen LogP contribution in [0.1, 0.15) is 0 Å². The Labute approximate surface area is 30.1 Å². The lowest BCUT2D eigenvalue weighted by atomic mass is 11.7. The first kappa shape index (κ1) is 3.96. The van der Waals surface area contributed by atoms with Gasteiger partial charge >= 0.3 is 0 Å². The summed E-state index contributed by atoms with van der Waals surface area (Å²) in [6.45, 7) is 8.85. The lowest BCUT2D eigenvalue weighted by Crippen LogP contribution is -1.35. The van der Waals surface area contributed by atoms with E-state index in [1.165, 1.54) is 0 Å². The van der Waals surface area contributed by atoms with Crippen LogP contribution in [0.4, 0.5) is 0 Å². The maximum atomic E-state index is 5.93. The summed E-state index contributed by atoms with van der Waals surface area (Å²) in [5.41, 5.74) is 2.78. The highest BCUT2D eigenvalue weighted by Gasteiger charge is 1.32. The molecule has 0 fully saturated rings. The standard InChI is InChI=1S/C2H2N3/c1-3-5-4-2/h1H2/q-1. The third kappa shape index (κ3) is 2.96. The fourth-order valence-electron chi connectivity index (χ4n) is 0.0316. The molecule has 0 aliphatic rings. The Bertz CT molecular complexity index is 59.8. The average Bonchev–Trinajstić information content (AvgIpc) is 1.41. The van der Waals surface area contributed by atoms with Gasteiger partial charge in [0.1, 0.15) is 0 Å².